The van der Waals surface area contributed by atoms with Crippen molar-refractivity contribution in [1.29, 1.82) is 0 Å². The summed E-state index contributed by atoms with van der Waals surface area (Å²) >= 11 is 0. The molecule has 1 aromatic heterocycles. The monoisotopic (exact) mass is 427 g/mol. The number of carboxylic acids is 1. The number of aromatic carboxylic acids is 1. The summed E-state index contributed by atoms with van der Waals surface area (Å²) in [5.41, 5.74) is -0.330. The molecule has 1 aromatic carbocycles. The summed E-state index contributed by atoms with van der Waals surface area (Å²) in [7, 11) is 0. The van der Waals surface area contributed by atoms with E-state index < -0.39 is 28.9 Å². The van der Waals surface area contributed by atoms with Crippen LogP contribution in [0.4, 0.5) is 14.9 Å². The number of nitrogens with zero attached hydrogens (tertiary/aromatic N) is 3. The van der Waals surface area contributed by atoms with Crippen LogP contribution >= 0.6 is 0 Å². The van der Waals surface area contributed by atoms with Gasteiger partial charge in [-0.3, -0.25) is 4.79 Å². The van der Waals surface area contributed by atoms with E-state index in [1.807, 2.05) is 6.92 Å². The fourth-order valence-corrected chi connectivity index (χ4v) is 3.41. The third-order valence-electron chi connectivity index (χ3n) is 4.92. The third kappa shape index (κ3) is 4.69. The Labute approximate surface area is 194 Å². The predicted octanol–water partition coefficient (Wildman–Crippen LogP) is 1.65. The van der Waals surface area contributed by atoms with Crippen molar-refractivity contribution in [2.24, 2.45) is 0 Å². The SMILES string of the molecule is C=CCOC(=O)N1CCN(c2cc3c(cc2F)c(=O)c(C(=O)O)cn3CC)CC1.[NaH]. The Morgan fingerprint density at radius 1 is 1.27 bits per heavy atom. The van der Waals surface area contributed by atoms with Crippen LogP contribution in [0.2, 0.25) is 0 Å². The number of rotatable bonds is 5. The molecule has 3 rings (SSSR count). The summed E-state index contributed by atoms with van der Waals surface area (Å²) in [6, 6.07) is 2.66. The number of fused-ring (bicyclic) bond motifs is 1. The predicted molar refractivity (Wildman–Crippen MR) is 113 cm³/mol. The van der Waals surface area contributed by atoms with Crippen molar-refractivity contribution < 1.29 is 23.8 Å². The quantitative estimate of drug-likeness (QED) is 0.576. The minimum atomic E-state index is -1.34. The van der Waals surface area contributed by atoms with Gasteiger partial charge in [0.05, 0.1) is 11.2 Å². The maximum absolute atomic E-state index is 14.8. The summed E-state index contributed by atoms with van der Waals surface area (Å²) in [6.45, 7) is 7.39. The number of benzene rings is 1. The number of amides is 1. The van der Waals surface area contributed by atoms with Crippen LogP contribution in [0.25, 0.3) is 10.9 Å². The van der Waals surface area contributed by atoms with E-state index in [0.717, 1.165) is 6.07 Å². The van der Waals surface area contributed by atoms with Gasteiger partial charge in [0.1, 0.15) is 18.0 Å². The Morgan fingerprint density at radius 3 is 2.50 bits per heavy atom. The van der Waals surface area contributed by atoms with Crippen LogP contribution in [0.5, 0.6) is 0 Å². The minimum absolute atomic E-state index is 0. The molecule has 1 fully saturated rings. The molecule has 1 aliphatic heterocycles. The molecule has 1 aliphatic rings. The van der Waals surface area contributed by atoms with E-state index in [4.69, 9.17) is 4.74 Å². The summed E-state index contributed by atoms with van der Waals surface area (Å²) < 4.78 is 21.5. The van der Waals surface area contributed by atoms with Gasteiger partial charge in [-0.15, -0.1) is 0 Å². The Kier molecular flexibility index (Phi) is 8.05. The zero-order valence-electron chi connectivity index (χ0n) is 16.1. The van der Waals surface area contributed by atoms with Crippen LogP contribution in [0.1, 0.15) is 17.3 Å². The van der Waals surface area contributed by atoms with Gasteiger partial charge < -0.3 is 24.2 Å². The number of anilines is 1. The Hall–Kier alpha value is -2.36. The van der Waals surface area contributed by atoms with Crippen molar-refractivity contribution in [2.45, 2.75) is 13.5 Å². The van der Waals surface area contributed by atoms with Crippen molar-refractivity contribution in [2.75, 3.05) is 37.7 Å². The molecule has 30 heavy (non-hydrogen) atoms. The molecular formula is C20H23FN3NaO5. The second-order valence-corrected chi connectivity index (χ2v) is 6.62. The van der Waals surface area contributed by atoms with Crippen LogP contribution < -0.4 is 10.3 Å². The molecule has 1 amide bonds. The van der Waals surface area contributed by atoms with Crippen LogP contribution in [0.15, 0.2) is 35.8 Å². The second-order valence-electron chi connectivity index (χ2n) is 6.62. The molecule has 0 aliphatic carbocycles. The molecule has 0 unspecified atom stereocenters. The fraction of sp³-hybridized carbons (Fsp3) is 0.350. The summed E-state index contributed by atoms with van der Waals surface area (Å²) in [5, 5.41) is 9.26. The van der Waals surface area contributed by atoms with Crippen LogP contribution in [0, 0.1) is 5.82 Å². The zero-order valence-corrected chi connectivity index (χ0v) is 16.1. The number of hydrogen-bond acceptors (Lipinski definition) is 5. The van der Waals surface area contributed by atoms with Crippen LogP contribution in [0.3, 0.4) is 0 Å². The normalized spacial score (nSPS) is 13.7. The number of carbonyl (C=O) groups excluding carboxylic acids is 1. The van der Waals surface area contributed by atoms with E-state index in [0.29, 0.717) is 43.9 Å². The number of carboxylic acid groups (broad SMARTS) is 1. The third-order valence-corrected chi connectivity index (χ3v) is 4.92. The number of carbonyl (C=O) groups is 2. The van der Waals surface area contributed by atoms with Crippen molar-refractivity contribution in [3.8, 4) is 0 Å². The Morgan fingerprint density at radius 2 is 1.93 bits per heavy atom. The first-order valence-corrected chi connectivity index (χ1v) is 9.24. The molecule has 10 heteroatoms. The van der Waals surface area contributed by atoms with Crippen LogP contribution in [-0.2, 0) is 11.3 Å². The van der Waals surface area contributed by atoms with Gasteiger partial charge in [0.25, 0.3) is 0 Å². The fourth-order valence-electron chi connectivity index (χ4n) is 3.41. The van der Waals surface area contributed by atoms with E-state index in [9.17, 15) is 23.9 Å². The maximum atomic E-state index is 14.8. The van der Waals surface area contributed by atoms with Gasteiger partial charge in [-0.05, 0) is 19.1 Å². The Bertz CT molecular complexity index is 1030. The number of halogens is 1. The molecule has 156 valence electrons. The van der Waals surface area contributed by atoms with Crippen molar-refractivity contribution in [3.05, 3.63) is 52.6 Å². The van der Waals surface area contributed by atoms with Crippen molar-refractivity contribution in [1.82, 2.24) is 9.47 Å². The summed E-state index contributed by atoms with van der Waals surface area (Å²) in [5.74, 6) is -1.95. The number of hydrogen-bond donors (Lipinski definition) is 1. The standard InChI is InChI=1S/C20H22FN3O5.Na.H/c1-3-9-29-20(28)24-7-5-23(6-8-24)17-11-16-13(10-15(17)21)18(25)14(19(26)27)12-22(16)4-2;;/h3,10-12H,1,4-9H2,2H3,(H,26,27);;. The second kappa shape index (κ2) is 10.1. The molecule has 0 bridgehead atoms. The number of pyridine rings is 1. The van der Waals surface area contributed by atoms with E-state index in [-0.39, 0.29) is 41.6 Å². The molecule has 2 heterocycles. The van der Waals surface area contributed by atoms with Crippen molar-refractivity contribution >= 4 is 58.2 Å². The number of ether oxygens (including phenoxy) is 1. The van der Waals surface area contributed by atoms with Gasteiger partial charge in [0.15, 0.2) is 0 Å². The van der Waals surface area contributed by atoms with Gasteiger partial charge in [0, 0.05) is 44.3 Å². The molecule has 1 N–H and O–H groups in total. The van der Waals surface area contributed by atoms with E-state index in [2.05, 4.69) is 6.58 Å². The summed E-state index contributed by atoms with van der Waals surface area (Å²) in [4.78, 5) is 39.0. The molecule has 0 spiro atoms. The van der Waals surface area contributed by atoms with E-state index >= 15 is 0 Å². The van der Waals surface area contributed by atoms with Gasteiger partial charge in [-0.25, -0.2) is 14.0 Å². The number of aryl methyl sites for hydroxylation is 1. The molecule has 0 saturated carbocycles. The first-order valence-electron chi connectivity index (χ1n) is 9.24. The number of piperazine rings is 1. The molecule has 0 radical (unpaired) electrons. The zero-order chi connectivity index (χ0) is 21.1. The topological polar surface area (TPSA) is 92.1 Å². The molecule has 2 aromatic rings. The average molecular weight is 427 g/mol. The molecular weight excluding hydrogens is 404 g/mol. The molecule has 0 atom stereocenters. The summed E-state index contributed by atoms with van der Waals surface area (Å²) in [6.07, 6.45) is 2.33. The molecule has 1 saturated heterocycles. The number of aromatic nitrogens is 1. The van der Waals surface area contributed by atoms with Gasteiger partial charge in [0.2, 0.25) is 5.43 Å². The Balaban J connectivity index is 0.00000320. The first-order chi connectivity index (χ1) is 13.9. The van der Waals surface area contributed by atoms with Crippen LogP contribution in [-0.4, -0.2) is 89.0 Å². The van der Waals surface area contributed by atoms with Gasteiger partial charge in [-0.1, -0.05) is 12.7 Å². The van der Waals surface area contributed by atoms with Gasteiger partial charge in [-0.2, -0.15) is 0 Å². The first kappa shape index (κ1) is 23.9. The van der Waals surface area contributed by atoms with Crippen molar-refractivity contribution in [3.63, 3.8) is 0 Å². The van der Waals surface area contributed by atoms with E-state index in [1.165, 1.54) is 12.3 Å². The van der Waals surface area contributed by atoms with E-state index in [1.54, 1.807) is 20.4 Å². The average Bonchev–Trinajstić information content (AvgIpc) is 2.72. The van der Waals surface area contributed by atoms with Gasteiger partial charge >= 0.3 is 41.6 Å². The molecule has 8 nitrogen and oxygen atoms in total.